The lowest BCUT2D eigenvalue weighted by Gasteiger charge is -2.34. The molecule has 0 unspecified atom stereocenters. The number of rotatable bonds is 6. The largest absolute Gasteiger partial charge is 0.489 e. The standard InChI is InChI=1S/C24H35BrN4O5S/c1-16(2)26-7-5-19(6-8-26)34-23-14-18-13-22(29(17(3)4)21(18)15-20(23)25)24(30)27-9-11-28(12-10-27)35(31,32)33/h13-17,19H,5-12H2,1-4H3,(H,31,32,33). The molecule has 0 bridgehead atoms. The van der Waals surface area contributed by atoms with E-state index in [1.54, 1.807) is 4.90 Å². The molecule has 0 saturated carbocycles. The van der Waals surface area contributed by atoms with Gasteiger partial charge in [0, 0.05) is 56.7 Å². The van der Waals surface area contributed by atoms with E-state index in [1.807, 2.05) is 36.6 Å². The average Bonchev–Trinajstić information content (AvgIpc) is 3.17. The molecule has 3 heterocycles. The van der Waals surface area contributed by atoms with Crippen molar-refractivity contribution in [2.24, 2.45) is 0 Å². The predicted molar refractivity (Wildman–Crippen MR) is 139 cm³/mol. The number of carbonyl (C=O) groups is 1. The fraction of sp³-hybridized carbons (Fsp3) is 0.625. The van der Waals surface area contributed by atoms with Crippen LogP contribution in [0.15, 0.2) is 22.7 Å². The van der Waals surface area contributed by atoms with E-state index in [1.165, 1.54) is 0 Å². The molecule has 2 aromatic rings. The minimum absolute atomic E-state index is 0.0459. The number of carbonyl (C=O) groups excluding carboxylic acids is 1. The van der Waals surface area contributed by atoms with Crippen LogP contribution in [-0.2, 0) is 10.3 Å². The number of piperidine rings is 1. The molecule has 0 radical (unpaired) electrons. The van der Waals surface area contributed by atoms with Crippen molar-refractivity contribution in [3.05, 3.63) is 28.4 Å². The predicted octanol–water partition coefficient (Wildman–Crippen LogP) is 3.80. The Kier molecular flexibility index (Phi) is 7.82. The van der Waals surface area contributed by atoms with E-state index in [-0.39, 0.29) is 44.2 Å². The zero-order valence-corrected chi connectivity index (χ0v) is 23.2. The van der Waals surface area contributed by atoms with Gasteiger partial charge in [0.1, 0.15) is 17.5 Å². The summed E-state index contributed by atoms with van der Waals surface area (Å²) in [6.45, 7) is 11.2. The fourth-order valence-corrected chi connectivity index (χ4v) is 6.06. The lowest BCUT2D eigenvalue weighted by atomic mass is 10.1. The summed E-state index contributed by atoms with van der Waals surface area (Å²) in [6.07, 6.45) is 2.12. The number of hydrogen-bond donors (Lipinski definition) is 1. The van der Waals surface area contributed by atoms with Crippen molar-refractivity contribution in [3.63, 3.8) is 0 Å². The van der Waals surface area contributed by atoms with Gasteiger partial charge in [0.05, 0.1) is 9.99 Å². The third kappa shape index (κ3) is 5.69. The first-order chi connectivity index (χ1) is 16.5. The molecule has 1 N–H and O–H groups in total. The Bertz CT molecular complexity index is 1180. The first-order valence-electron chi connectivity index (χ1n) is 12.2. The van der Waals surface area contributed by atoms with Crippen molar-refractivity contribution >= 4 is 43.0 Å². The van der Waals surface area contributed by atoms with Crippen LogP contribution in [0.3, 0.4) is 0 Å². The van der Waals surface area contributed by atoms with Crippen molar-refractivity contribution in [2.75, 3.05) is 39.3 Å². The Hall–Kier alpha value is -1.66. The van der Waals surface area contributed by atoms with E-state index in [4.69, 9.17) is 4.74 Å². The average molecular weight is 572 g/mol. The van der Waals surface area contributed by atoms with Crippen molar-refractivity contribution < 1.29 is 22.5 Å². The van der Waals surface area contributed by atoms with Gasteiger partial charge >= 0.3 is 10.3 Å². The lowest BCUT2D eigenvalue weighted by molar-refractivity contribution is 0.0680. The number of likely N-dealkylation sites (tertiary alicyclic amines) is 1. The highest BCUT2D eigenvalue weighted by Gasteiger charge is 2.30. The molecule has 0 atom stereocenters. The Balaban J connectivity index is 1.56. The van der Waals surface area contributed by atoms with Gasteiger partial charge in [-0.15, -0.1) is 0 Å². The lowest BCUT2D eigenvalue weighted by Crippen LogP contribution is -2.50. The van der Waals surface area contributed by atoms with Crippen LogP contribution in [0.2, 0.25) is 0 Å². The molecule has 2 fully saturated rings. The zero-order chi connectivity index (χ0) is 25.5. The van der Waals surface area contributed by atoms with Crippen LogP contribution < -0.4 is 4.74 Å². The molecule has 2 aliphatic heterocycles. The Morgan fingerprint density at radius 2 is 1.63 bits per heavy atom. The number of amides is 1. The highest BCUT2D eigenvalue weighted by Crippen LogP contribution is 2.36. The molecule has 9 nitrogen and oxygen atoms in total. The van der Waals surface area contributed by atoms with Crippen LogP contribution in [0, 0.1) is 0 Å². The van der Waals surface area contributed by atoms with Crippen LogP contribution in [0.5, 0.6) is 5.75 Å². The van der Waals surface area contributed by atoms with E-state index in [2.05, 4.69) is 34.7 Å². The molecular weight excluding hydrogens is 536 g/mol. The Morgan fingerprint density at radius 1 is 1.00 bits per heavy atom. The molecule has 0 spiro atoms. The third-order valence-electron chi connectivity index (χ3n) is 6.98. The van der Waals surface area contributed by atoms with Gasteiger partial charge < -0.3 is 19.1 Å². The number of aromatic nitrogens is 1. The van der Waals surface area contributed by atoms with Crippen LogP contribution >= 0.6 is 15.9 Å². The molecule has 0 aliphatic carbocycles. The van der Waals surface area contributed by atoms with Gasteiger partial charge in [-0.3, -0.25) is 9.35 Å². The minimum atomic E-state index is -4.24. The highest BCUT2D eigenvalue weighted by atomic mass is 79.9. The molecule has 1 aromatic carbocycles. The summed E-state index contributed by atoms with van der Waals surface area (Å²) in [4.78, 5) is 17.6. The maximum Gasteiger partial charge on any atom is 0.336 e. The number of fused-ring (bicyclic) bond motifs is 1. The van der Waals surface area contributed by atoms with E-state index >= 15 is 0 Å². The van der Waals surface area contributed by atoms with Gasteiger partial charge in [0.15, 0.2) is 0 Å². The van der Waals surface area contributed by atoms with Crippen LogP contribution in [0.4, 0.5) is 0 Å². The normalized spacial score (nSPS) is 19.3. The van der Waals surface area contributed by atoms with Crippen molar-refractivity contribution in [3.8, 4) is 5.75 Å². The van der Waals surface area contributed by atoms with Gasteiger partial charge in [-0.25, -0.2) is 0 Å². The van der Waals surface area contributed by atoms with Crippen LogP contribution in [0.25, 0.3) is 10.9 Å². The number of benzene rings is 1. The summed E-state index contributed by atoms with van der Waals surface area (Å²) in [5.74, 6) is 0.631. The summed E-state index contributed by atoms with van der Waals surface area (Å²) >= 11 is 3.68. The smallest absolute Gasteiger partial charge is 0.336 e. The highest BCUT2D eigenvalue weighted by molar-refractivity contribution is 9.10. The van der Waals surface area contributed by atoms with Gasteiger partial charge in [0.2, 0.25) is 0 Å². The van der Waals surface area contributed by atoms with Crippen LogP contribution in [-0.4, -0.2) is 89.0 Å². The molecular formula is C24H35BrN4O5S. The molecule has 2 saturated heterocycles. The summed E-state index contributed by atoms with van der Waals surface area (Å²) in [5, 5.41) is 0.927. The van der Waals surface area contributed by atoms with Gasteiger partial charge in [-0.05, 0) is 74.7 Å². The van der Waals surface area contributed by atoms with Crippen molar-refractivity contribution in [1.29, 1.82) is 0 Å². The fourth-order valence-electron chi connectivity index (χ4n) is 5.01. The van der Waals surface area contributed by atoms with E-state index in [0.29, 0.717) is 11.7 Å². The first kappa shape index (κ1) is 26.4. The zero-order valence-electron chi connectivity index (χ0n) is 20.8. The summed E-state index contributed by atoms with van der Waals surface area (Å²) in [6, 6.07) is 6.50. The first-order valence-corrected chi connectivity index (χ1v) is 14.4. The van der Waals surface area contributed by atoms with Gasteiger partial charge in [0.25, 0.3) is 5.91 Å². The third-order valence-corrected chi connectivity index (χ3v) is 8.62. The molecule has 2 aliphatic rings. The molecule has 11 heteroatoms. The number of halogens is 1. The van der Waals surface area contributed by atoms with Crippen molar-refractivity contribution in [1.82, 2.24) is 18.7 Å². The van der Waals surface area contributed by atoms with Gasteiger partial charge in [-0.1, -0.05) is 0 Å². The quantitative estimate of drug-likeness (QED) is 0.531. The minimum Gasteiger partial charge on any atom is -0.489 e. The Morgan fingerprint density at radius 3 is 2.17 bits per heavy atom. The molecule has 1 amide bonds. The monoisotopic (exact) mass is 570 g/mol. The molecule has 194 valence electrons. The number of hydrogen-bond acceptors (Lipinski definition) is 5. The van der Waals surface area contributed by atoms with Crippen LogP contribution in [0.1, 0.15) is 57.1 Å². The maximum absolute atomic E-state index is 13.5. The topological polar surface area (TPSA) is 95.3 Å². The number of ether oxygens (including phenoxy) is 1. The SMILES string of the molecule is CC(C)N1CCC(Oc2cc3cc(C(=O)N4CCN(S(=O)(=O)O)CC4)n(C(C)C)c3cc2Br)CC1. The molecule has 4 rings (SSSR count). The second-order valence-corrected chi connectivity index (χ2v) is 12.2. The maximum atomic E-state index is 13.5. The second kappa shape index (κ2) is 10.4. The Labute approximate surface area is 216 Å². The second-order valence-electron chi connectivity index (χ2n) is 9.95. The molecule has 1 aromatic heterocycles. The van der Waals surface area contributed by atoms with E-state index < -0.39 is 10.3 Å². The number of piperazine rings is 1. The van der Waals surface area contributed by atoms with Crippen molar-refractivity contribution in [2.45, 2.75) is 58.7 Å². The van der Waals surface area contributed by atoms with E-state index in [9.17, 15) is 17.8 Å². The summed E-state index contributed by atoms with van der Waals surface area (Å²) < 4.78 is 42.3. The van der Waals surface area contributed by atoms with Gasteiger partial charge in [-0.2, -0.15) is 12.7 Å². The number of nitrogens with zero attached hydrogens (tertiary/aromatic N) is 4. The summed E-state index contributed by atoms with van der Waals surface area (Å²) in [5.41, 5.74) is 1.50. The summed E-state index contributed by atoms with van der Waals surface area (Å²) in [7, 11) is -4.24. The molecule has 35 heavy (non-hydrogen) atoms. The van der Waals surface area contributed by atoms with E-state index in [0.717, 1.165) is 51.4 Å².